The number of fused-ring (bicyclic) bond motifs is 1. The largest absolute Gasteiger partial charge is 0.496 e. The van der Waals surface area contributed by atoms with Crippen molar-refractivity contribution in [3.05, 3.63) is 17.7 Å². The van der Waals surface area contributed by atoms with Crippen LogP contribution in [0.15, 0.2) is 12.1 Å². The number of anilines is 1. The molecular formula is C22H30N4O3S5. The zero-order chi connectivity index (χ0) is 24.8. The third-order valence-electron chi connectivity index (χ3n) is 5.16. The summed E-state index contributed by atoms with van der Waals surface area (Å²) in [6.45, 7) is 3.03. The van der Waals surface area contributed by atoms with E-state index in [2.05, 4.69) is 4.90 Å². The summed E-state index contributed by atoms with van der Waals surface area (Å²) in [6, 6.07) is 3.80. The number of thiocarbonyl (C=S) groups is 2. The van der Waals surface area contributed by atoms with Crippen LogP contribution < -0.4 is 9.64 Å². The molecule has 1 aliphatic rings. The number of rotatable bonds is 8. The van der Waals surface area contributed by atoms with Gasteiger partial charge in [0, 0.05) is 64.8 Å². The first-order valence-corrected chi connectivity index (χ1v) is 14.3. The molecule has 0 radical (unpaired) electrons. The molecule has 1 saturated heterocycles. The number of nitrogens with zero attached hydrogens (tertiary/aromatic N) is 4. The SMILES string of the molecule is COc1cc2nc(N3CCOCC3)sc2cc1C(=O)C(CSC(=S)N(C)C)CSC(=S)N(C)C. The second-order valence-electron chi connectivity index (χ2n) is 8.12. The van der Waals surface area contributed by atoms with Crippen LogP contribution in [0.5, 0.6) is 5.75 Å². The predicted molar refractivity (Wildman–Crippen MR) is 155 cm³/mol. The van der Waals surface area contributed by atoms with Gasteiger partial charge in [0.2, 0.25) is 0 Å². The monoisotopic (exact) mass is 558 g/mol. The molecule has 1 fully saturated rings. The highest BCUT2D eigenvalue weighted by molar-refractivity contribution is 8.23. The zero-order valence-corrected chi connectivity index (χ0v) is 24.1. The lowest BCUT2D eigenvalue weighted by atomic mass is 9.99. The van der Waals surface area contributed by atoms with Crippen molar-refractivity contribution in [2.75, 3.05) is 78.0 Å². The van der Waals surface area contributed by atoms with Crippen molar-refractivity contribution in [2.24, 2.45) is 5.92 Å². The Bertz CT molecular complexity index is 1010. The molecule has 1 aromatic heterocycles. The van der Waals surface area contributed by atoms with Gasteiger partial charge < -0.3 is 24.2 Å². The Morgan fingerprint density at radius 2 is 1.74 bits per heavy atom. The van der Waals surface area contributed by atoms with E-state index in [0.29, 0.717) is 36.0 Å². The van der Waals surface area contributed by atoms with Crippen molar-refractivity contribution >= 4 is 89.1 Å². The lowest BCUT2D eigenvalue weighted by molar-refractivity contribution is 0.0941. The van der Waals surface area contributed by atoms with Gasteiger partial charge >= 0.3 is 0 Å². The number of aromatic nitrogens is 1. The Morgan fingerprint density at radius 1 is 1.15 bits per heavy atom. The lowest BCUT2D eigenvalue weighted by Crippen LogP contribution is -2.36. The van der Waals surface area contributed by atoms with Crippen LogP contribution >= 0.6 is 59.3 Å². The van der Waals surface area contributed by atoms with Crippen molar-refractivity contribution < 1.29 is 14.3 Å². The number of morpholine rings is 1. The minimum absolute atomic E-state index is 0.0307. The summed E-state index contributed by atoms with van der Waals surface area (Å²) in [6.07, 6.45) is 0. The topological polar surface area (TPSA) is 58.1 Å². The second-order valence-corrected chi connectivity index (χ2v) is 12.4. The van der Waals surface area contributed by atoms with Crippen molar-refractivity contribution in [1.29, 1.82) is 0 Å². The van der Waals surface area contributed by atoms with Gasteiger partial charge in [0.25, 0.3) is 0 Å². The number of hydrogen-bond acceptors (Lipinski definition) is 10. The maximum Gasteiger partial charge on any atom is 0.186 e. The molecule has 186 valence electrons. The van der Waals surface area contributed by atoms with Crippen LogP contribution in [0.3, 0.4) is 0 Å². The van der Waals surface area contributed by atoms with Gasteiger partial charge in [-0.05, 0) is 6.07 Å². The van der Waals surface area contributed by atoms with Gasteiger partial charge in [-0.2, -0.15) is 0 Å². The first kappa shape index (κ1) is 27.4. The number of thiazole rings is 1. The summed E-state index contributed by atoms with van der Waals surface area (Å²) in [7, 11) is 9.24. The molecule has 0 saturated carbocycles. The Morgan fingerprint density at radius 3 is 2.26 bits per heavy atom. The van der Waals surface area contributed by atoms with Crippen molar-refractivity contribution in [1.82, 2.24) is 14.8 Å². The van der Waals surface area contributed by atoms with E-state index in [-0.39, 0.29) is 11.7 Å². The molecule has 12 heteroatoms. The summed E-state index contributed by atoms with van der Waals surface area (Å²) >= 11 is 15.5. The number of ether oxygens (including phenoxy) is 2. The molecule has 3 rings (SSSR count). The van der Waals surface area contributed by atoms with Gasteiger partial charge in [0.05, 0.1) is 36.1 Å². The fourth-order valence-electron chi connectivity index (χ4n) is 3.22. The van der Waals surface area contributed by atoms with Crippen LogP contribution in [0.2, 0.25) is 0 Å². The third kappa shape index (κ3) is 6.94. The highest BCUT2D eigenvalue weighted by atomic mass is 32.2. The molecule has 0 bridgehead atoms. The van der Waals surface area contributed by atoms with Crippen LogP contribution in [0, 0.1) is 5.92 Å². The van der Waals surface area contributed by atoms with E-state index in [9.17, 15) is 4.79 Å². The summed E-state index contributed by atoms with van der Waals surface area (Å²) in [5, 5.41) is 0.945. The first-order chi connectivity index (χ1) is 16.2. The van der Waals surface area contributed by atoms with Crippen molar-refractivity contribution in [3.63, 3.8) is 0 Å². The van der Waals surface area contributed by atoms with E-state index in [4.69, 9.17) is 38.9 Å². The molecule has 0 N–H and O–H groups in total. The van der Waals surface area contributed by atoms with Crippen LogP contribution in [-0.4, -0.2) is 102 Å². The quantitative estimate of drug-likeness (QED) is 0.348. The number of ketones is 1. The minimum Gasteiger partial charge on any atom is -0.496 e. The molecule has 0 unspecified atom stereocenters. The summed E-state index contributed by atoms with van der Waals surface area (Å²) in [5.41, 5.74) is 1.41. The summed E-state index contributed by atoms with van der Waals surface area (Å²) in [4.78, 5) is 24.6. The number of benzene rings is 1. The molecule has 1 aliphatic heterocycles. The van der Waals surface area contributed by atoms with E-state index in [1.807, 2.05) is 50.1 Å². The van der Waals surface area contributed by atoms with Crippen LogP contribution in [0.1, 0.15) is 10.4 Å². The lowest BCUT2D eigenvalue weighted by Gasteiger charge is -2.25. The van der Waals surface area contributed by atoms with E-state index < -0.39 is 0 Å². The number of hydrogen-bond donors (Lipinski definition) is 0. The molecule has 34 heavy (non-hydrogen) atoms. The van der Waals surface area contributed by atoms with Gasteiger partial charge in [-0.15, -0.1) is 0 Å². The molecular weight excluding hydrogens is 529 g/mol. The number of Topliss-reactive ketones (excluding diaryl/α,β-unsaturated/α-hetero) is 1. The Hall–Kier alpha value is -1.18. The molecule has 0 spiro atoms. The fraction of sp³-hybridized carbons (Fsp3) is 0.545. The highest BCUT2D eigenvalue weighted by Gasteiger charge is 2.26. The zero-order valence-electron chi connectivity index (χ0n) is 20.0. The number of thioether (sulfide) groups is 2. The first-order valence-electron chi connectivity index (χ1n) is 10.7. The highest BCUT2D eigenvalue weighted by Crippen LogP contribution is 2.35. The molecule has 1 aromatic carbocycles. The predicted octanol–water partition coefficient (Wildman–Crippen LogP) is 4.10. The third-order valence-corrected chi connectivity index (χ3v) is 10.0. The van der Waals surface area contributed by atoms with Gasteiger partial charge in [-0.25, -0.2) is 4.98 Å². The average Bonchev–Trinajstić information content (AvgIpc) is 3.25. The number of carbonyl (C=O) groups excluding carboxylic acids is 1. The van der Waals surface area contributed by atoms with Crippen LogP contribution in [-0.2, 0) is 4.74 Å². The molecule has 0 amide bonds. The maximum absolute atomic E-state index is 13.8. The van der Waals surface area contributed by atoms with Gasteiger partial charge in [0.15, 0.2) is 10.9 Å². The van der Waals surface area contributed by atoms with E-state index in [1.54, 1.807) is 18.4 Å². The van der Waals surface area contributed by atoms with Crippen molar-refractivity contribution in [3.8, 4) is 5.75 Å². The average molecular weight is 559 g/mol. The Balaban J connectivity index is 1.88. The van der Waals surface area contributed by atoms with Crippen molar-refractivity contribution in [2.45, 2.75) is 0 Å². The van der Waals surface area contributed by atoms with Gasteiger partial charge in [0.1, 0.15) is 14.4 Å². The Kier molecular flexibility index (Phi) is 10.2. The van der Waals surface area contributed by atoms with E-state index in [0.717, 1.165) is 37.1 Å². The minimum atomic E-state index is -0.274. The fourth-order valence-corrected chi connectivity index (χ4v) is 6.55. The number of methoxy groups -OCH3 is 1. The van der Waals surface area contributed by atoms with Gasteiger partial charge in [-0.3, -0.25) is 4.79 Å². The summed E-state index contributed by atoms with van der Waals surface area (Å²) in [5.74, 6) is 1.44. The standard InChI is InChI=1S/C22H30N4O3S5/c1-24(2)21(30)32-12-14(13-33-22(31)25(3)4)19(27)15-10-18-16(11-17(15)28-5)23-20(34-18)26-6-8-29-9-7-26/h10-11,14H,6-9,12-13H2,1-5H3. The summed E-state index contributed by atoms with van der Waals surface area (Å²) < 4.78 is 13.6. The van der Waals surface area contributed by atoms with E-state index in [1.165, 1.54) is 23.5 Å². The van der Waals surface area contributed by atoms with Crippen LogP contribution in [0.25, 0.3) is 10.2 Å². The number of carbonyl (C=O) groups is 1. The molecule has 2 aromatic rings. The van der Waals surface area contributed by atoms with Gasteiger partial charge in [-0.1, -0.05) is 59.3 Å². The normalized spacial score (nSPS) is 13.9. The molecule has 2 heterocycles. The van der Waals surface area contributed by atoms with E-state index >= 15 is 0 Å². The molecule has 7 nitrogen and oxygen atoms in total. The van der Waals surface area contributed by atoms with Crippen LogP contribution in [0.4, 0.5) is 5.13 Å². The Labute approximate surface area is 224 Å². The maximum atomic E-state index is 13.8. The molecule has 0 aliphatic carbocycles. The smallest absolute Gasteiger partial charge is 0.186 e. The second kappa shape index (κ2) is 12.7. The molecule has 0 atom stereocenters.